The van der Waals surface area contributed by atoms with Gasteiger partial charge < -0.3 is 4.90 Å². The van der Waals surface area contributed by atoms with Crippen LogP contribution in [0.15, 0.2) is 64.2 Å². The summed E-state index contributed by atoms with van der Waals surface area (Å²) >= 11 is 0. The van der Waals surface area contributed by atoms with Crippen molar-refractivity contribution in [3.63, 3.8) is 0 Å². The second-order valence-electron chi connectivity index (χ2n) is 6.64. The molecule has 0 aliphatic rings. The van der Waals surface area contributed by atoms with Crippen LogP contribution in [0.5, 0.6) is 0 Å². The average molecular weight is 379 g/mol. The molecule has 0 aliphatic heterocycles. The van der Waals surface area contributed by atoms with Crippen LogP contribution in [0.1, 0.15) is 19.4 Å². The fourth-order valence-electron chi connectivity index (χ4n) is 3.42. The van der Waals surface area contributed by atoms with Gasteiger partial charge in [0.2, 0.25) is 5.91 Å². The molecule has 6 heteroatoms. The number of carbonyl (C=O) groups is 1. The van der Waals surface area contributed by atoms with Gasteiger partial charge in [-0.15, -0.1) is 0 Å². The molecule has 6 nitrogen and oxygen atoms in total. The predicted molar refractivity (Wildman–Crippen MR) is 111 cm³/mol. The highest BCUT2D eigenvalue weighted by Gasteiger charge is 2.17. The van der Waals surface area contributed by atoms with Gasteiger partial charge in [0.05, 0.1) is 10.9 Å². The molecular weight excluding hydrogens is 354 g/mol. The van der Waals surface area contributed by atoms with Crippen molar-refractivity contribution in [2.75, 3.05) is 13.1 Å². The largest absolute Gasteiger partial charge is 0.342 e. The molecule has 0 N–H and O–H groups in total. The lowest BCUT2D eigenvalue weighted by Crippen LogP contribution is -2.43. The maximum absolute atomic E-state index is 13.1. The molecule has 28 heavy (non-hydrogen) atoms. The van der Waals surface area contributed by atoms with E-state index in [2.05, 4.69) is 0 Å². The van der Waals surface area contributed by atoms with Crippen LogP contribution in [-0.2, 0) is 24.3 Å². The number of rotatable bonds is 7. The van der Waals surface area contributed by atoms with Gasteiger partial charge in [-0.2, -0.15) is 0 Å². The van der Waals surface area contributed by atoms with Crippen molar-refractivity contribution >= 4 is 16.8 Å². The van der Waals surface area contributed by atoms with Crippen LogP contribution in [-0.4, -0.2) is 33.0 Å². The summed E-state index contributed by atoms with van der Waals surface area (Å²) in [6.07, 6.45) is 0.568. The van der Waals surface area contributed by atoms with E-state index in [1.165, 1.54) is 9.13 Å². The lowest BCUT2D eigenvalue weighted by Gasteiger charge is -2.20. The van der Waals surface area contributed by atoms with Crippen molar-refractivity contribution in [1.29, 1.82) is 0 Å². The van der Waals surface area contributed by atoms with Crippen LogP contribution in [0.3, 0.4) is 0 Å². The lowest BCUT2D eigenvalue weighted by atomic mass is 10.1. The van der Waals surface area contributed by atoms with E-state index < -0.39 is 5.69 Å². The fraction of sp³-hybridized carbons (Fsp3) is 0.318. The zero-order valence-corrected chi connectivity index (χ0v) is 16.3. The number of para-hydroxylation sites is 1. The topological polar surface area (TPSA) is 64.3 Å². The number of nitrogens with zero attached hydrogens (tertiary/aromatic N) is 3. The van der Waals surface area contributed by atoms with Crippen molar-refractivity contribution in [3.8, 4) is 0 Å². The molecule has 1 aromatic heterocycles. The Balaban J connectivity index is 2.06. The van der Waals surface area contributed by atoms with Crippen molar-refractivity contribution in [3.05, 3.63) is 81.0 Å². The van der Waals surface area contributed by atoms with Gasteiger partial charge in [0.15, 0.2) is 0 Å². The molecule has 0 spiro atoms. The number of hydrogen-bond donors (Lipinski definition) is 0. The summed E-state index contributed by atoms with van der Waals surface area (Å²) in [7, 11) is 0. The van der Waals surface area contributed by atoms with Gasteiger partial charge in [0.25, 0.3) is 5.56 Å². The summed E-state index contributed by atoms with van der Waals surface area (Å²) in [5, 5.41) is 0.447. The summed E-state index contributed by atoms with van der Waals surface area (Å²) in [4.78, 5) is 40.3. The first kappa shape index (κ1) is 19.6. The van der Waals surface area contributed by atoms with Crippen molar-refractivity contribution < 1.29 is 4.79 Å². The third kappa shape index (κ3) is 3.91. The van der Waals surface area contributed by atoms with Gasteiger partial charge in [-0.25, -0.2) is 4.79 Å². The SMILES string of the molecule is CCN(CC)C(=O)Cn1c(=O)n(CCc2ccccc2)c(=O)c2ccccc21. The minimum atomic E-state index is -0.444. The van der Waals surface area contributed by atoms with Crippen molar-refractivity contribution in [2.45, 2.75) is 33.4 Å². The zero-order chi connectivity index (χ0) is 20.1. The monoisotopic (exact) mass is 379 g/mol. The van der Waals surface area contributed by atoms with Crippen LogP contribution in [0.4, 0.5) is 0 Å². The van der Waals surface area contributed by atoms with E-state index in [1.807, 2.05) is 44.2 Å². The predicted octanol–water partition coefficient (Wildman–Crippen LogP) is 2.27. The Kier molecular flexibility index (Phi) is 6.09. The van der Waals surface area contributed by atoms with Gasteiger partial charge in [-0.05, 0) is 38.0 Å². The number of amides is 1. The van der Waals surface area contributed by atoms with Gasteiger partial charge in [-0.1, -0.05) is 42.5 Å². The minimum Gasteiger partial charge on any atom is -0.342 e. The number of benzene rings is 2. The van der Waals surface area contributed by atoms with E-state index in [9.17, 15) is 14.4 Å². The number of aryl methyl sites for hydroxylation is 1. The molecule has 3 aromatic rings. The van der Waals surface area contributed by atoms with Gasteiger partial charge in [0.1, 0.15) is 6.54 Å². The van der Waals surface area contributed by atoms with E-state index in [1.54, 1.807) is 29.2 Å². The first-order valence-corrected chi connectivity index (χ1v) is 9.60. The first-order valence-electron chi connectivity index (χ1n) is 9.60. The number of aromatic nitrogens is 2. The summed E-state index contributed by atoms with van der Waals surface area (Å²) in [6.45, 7) is 5.16. The van der Waals surface area contributed by atoms with Crippen LogP contribution in [0.2, 0.25) is 0 Å². The lowest BCUT2D eigenvalue weighted by molar-refractivity contribution is -0.131. The van der Waals surface area contributed by atoms with Crippen LogP contribution in [0, 0.1) is 0 Å². The Morgan fingerprint density at radius 2 is 1.54 bits per heavy atom. The molecule has 3 rings (SSSR count). The molecule has 146 valence electrons. The van der Waals surface area contributed by atoms with Gasteiger partial charge in [-0.3, -0.25) is 18.7 Å². The van der Waals surface area contributed by atoms with E-state index in [0.29, 0.717) is 30.4 Å². The van der Waals surface area contributed by atoms with Crippen LogP contribution >= 0.6 is 0 Å². The molecule has 0 saturated carbocycles. The Labute approximate surface area is 163 Å². The summed E-state index contributed by atoms with van der Waals surface area (Å²) in [5.74, 6) is -0.134. The molecule has 0 bridgehead atoms. The number of likely N-dealkylation sites (N-methyl/N-ethyl adjacent to an activating group) is 1. The maximum atomic E-state index is 13.1. The number of hydrogen-bond acceptors (Lipinski definition) is 3. The summed E-state index contributed by atoms with van der Waals surface area (Å²) < 4.78 is 2.66. The minimum absolute atomic E-state index is 0.0767. The molecule has 0 aliphatic carbocycles. The first-order chi connectivity index (χ1) is 13.6. The molecule has 1 amide bonds. The molecule has 1 heterocycles. The summed E-state index contributed by atoms with van der Waals surface area (Å²) in [6, 6.07) is 16.7. The van der Waals surface area contributed by atoms with Crippen LogP contribution < -0.4 is 11.2 Å². The molecular formula is C22H25N3O3. The van der Waals surface area contributed by atoms with E-state index >= 15 is 0 Å². The van der Waals surface area contributed by atoms with E-state index in [-0.39, 0.29) is 24.6 Å². The smallest absolute Gasteiger partial charge is 0.331 e. The highest BCUT2D eigenvalue weighted by Crippen LogP contribution is 2.09. The third-order valence-corrected chi connectivity index (χ3v) is 5.01. The molecule has 0 saturated heterocycles. The highest BCUT2D eigenvalue weighted by molar-refractivity contribution is 5.81. The Morgan fingerprint density at radius 3 is 2.21 bits per heavy atom. The maximum Gasteiger partial charge on any atom is 0.331 e. The molecule has 0 atom stereocenters. The highest BCUT2D eigenvalue weighted by atomic mass is 16.2. The van der Waals surface area contributed by atoms with Gasteiger partial charge >= 0.3 is 5.69 Å². The number of carbonyl (C=O) groups excluding carboxylic acids is 1. The Bertz CT molecular complexity index is 1080. The molecule has 0 fully saturated rings. The molecule has 0 unspecified atom stereocenters. The van der Waals surface area contributed by atoms with Crippen molar-refractivity contribution in [2.24, 2.45) is 0 Å². The zero-order valence-electron chi connectivity index (χ0n) is 16.3. The fourth-order valence-corrected chi connectivity index (χ4v) is 3.42. The Hall–Kier alpha value is -3.15. The van der Waals surface area contributed by atoms with E-state index in [4.69, 9.17) is 0 Å². The van der Waals surface area contributed by atoms with Crippen LogP contribution in [0.25, 0.3) is 10.9 Å². The normalized spacial score (nSPS) is 10.9. The second-order valence-corrected chi connectivity index (χ2v) is 6.64. The third-order valence-electron chi connectivity index (χ3n) is 5.01. The second kappa shape index (κ2) is 8.69. The average Bonchev–Trinajstić information content (AvgIpc) is 2.72. The Morgan fingerprint density at radius 1 is 0.893 bits per heavy atom. The van der Waals surface area contributed by atoms with Gasteiger partial charge in [0, 0.05) is 19.6 Å². The molecule has 0 radical (unpaired) electrons. The molecule has 2 aromatic carbocycles. The summed E-state index contributed by atoms with van der Waals surface area (Å²) in [5.41, 5.74) is 0.782. The van der Waals surface area contributed by atoms with Crippen molar-refractivity contribution in [1.82, 2.24) is 14.0 Å². The number of fused-ring (bicyclic) bond motifs is 1. The quantitative estimate of drug-likeness (QED) is 0.633. The van der Waals surface area contributed by atoms with E-state index in [0.717, 1.165) is 5.56 Å². The standard InChI is InChI=1S/C22H25N3O3/c1-3-23(4-2)20(26)16-25-19-13-9-8-12-18(19)21(27)24(22(25)28)15-14-17-10-6-5-7-11-17/h5-13H,3-4,14-16H2,1-2H3.